The number of hydrogen-bond acceptors (Lipinski definition) is 2. The molecule has 24 heavy (non-hydrogen) atoms. The fourth-order valence-corrected chi connectivity index (χ4v) is 3.88. The molecule has 1 amide bonds. The van der Waals surface area contributed by atoms with Crippen molar-refractivity contribution in [1.29, 1.82) is 0 Å². The van der Waals surface area contributed by atoms with Gasteiger partial charge in [-0.1, -0.05) is 12.1 Å². The summed E-state index contributed by atoms with van der Waals surface area (Å²) >= 11 is 0. The second-order valence-electron chi connectivity index (χ2n) is 6.73. The summed E-state index contributed by atoms with van der Waals surface area (Å²) in [7, 11) is 1.53. The Balaban J connectivity index is 1.66. The maximum absolute atomic E-state index is 13.1. The Labute approximate surface area is 138 Å². The molecule has 1 aromatic heterocycles. The van der Waals surface area contributed by atoms with Crippen LogP contribution in [0.2, 0.25) is 0 Å². The third-order valence-electron chi connectivity index (χ3n) is 5.07. The summed E-state index contributed by atoms with van der Waals surface area (Å²) in [5, 5.41) is 6.56. The van der Waals surface area contributed by atoms with E-state index in [-0.39, 0.29) is 5.56 Å². The molecule has 1 fully saturated rings. The minimum Gasteiger partial charge on any atom is -0.322 e. The predicted molar refractivity (Wildman–Crippen MR) is 86.3 cm³/mol. The van der Waals surface area contributed by atoms with Crippen molar-refractivity contribution in [3.8, 4) is 0 Å². The molecule has 4 rings (SSSR count). The lowest BCUT2D eigenvalue weighted by molar-refractivity contribution is 0.101. The maximum Gasteiger partial charge on any atom is 0.282 e. The van der Waals surface area contributed by atoms with Gasteiger partial charge in [0.1, 0.15) is 5.69 Å². The number of aromatic nitrogens is 2. The van der Waals surface area contributed by atoms with Crippen LogP contribution in [0, 0.1) is 5.92 Å². The minimum absolute atomic E-state index is 0.0638. The Morgan fingerprint density at radius 1 is 1.42 bits per heavy atom. The molecular weight excluding hydrogens is 312 g/mol. The van der Waals surface area contributed by atoms with Crippen LogP contribution in [0.4, 0.5) is 14.5 Å². The van der Waals surface area contributed by atoms with E-state index in [0.29, 0.717) is 11.8 Å². The van der Waals surface area contributed by atoms with Crippen LogP contribution in [-0.4, -0.2) is 15.7 Å². The monoisotopic (exact) mass is 331 g/mol. The number of amides is 1. The number of fused-ring (bicyclic) bond motifs is 3. The van der Waals surface area contributed by atoms with Crippen LogP contribution in [0.15, 0.2) is 24.4 Å². The molecule has 2 aliphatic rings. The van der Waals surface area contributed by atoms with Crippen molar-refractivity contribution < 1.29 is 13.6 Å². The van der Waals surface area contributed by atoms with Crippen molar-refractivity contribution in [2.24, 2.45) is 13.0 Å². The van der Waals surface area contributed by atoms with E-state index in [1.54, 1.807) is 0 Å². The van der Waals surface area contributed by atoms with Crippen LogP contribution in [0.25, 0.3) is 0 Å². The lowest BCUT2D eigenvalue weighted by Gasteiger charge is -2.14. The molecule has 0 radical (unpaired) electrons. The molecule has 1 aromatic carbocycles. The molecule has 4 nitrogen and oxygen atoms in total. The van der Waals surface area contributed by atoms with Crippen molar-refractivity contribution in [2.45, 2.75) is 38.0 Å². The first kappa shape index (κ1) is 15.3. The second kappa shape index (κ2) is 5.69. The van der Waals surface area contributed by atoms with Gasteiger partial charge >= 0.3 is 0 Å². The molecule has 2 aliphatic carbocycles. The molecule has 2 atom stereocenters. The SMILES string of the molecule is Cn1cc(C(=O)Nc2cccc3c2C2CC2CCC3)c(C(F)F)n1. The van der Waals surface area contributed by atoms with Crippen LogP contribution >= 0.6 is 0 Å². The molecule has 2 aromatic rings. The molecule has 2 unspecified atom stereocenters. The second-order valence-corrected chi connectivity index (χ2v) is 6.73. The highest BCUT2D eigenvalue weighted by Crippen LogP contribution is 2.55. The van der Waals surface area contributed by atoms with E-state index in [1.165, 1.54) is 41.9 Å². The van der Waals surface area contributed by atoms with Gasteiger partial charge in [0.15, 0.2) is 0 Å². The summed E-state index contributed by atoms with van der Waals surface area (Å²) in [4.78, 5) is 12.5. The summed E-state index contributed by atoms with van der Waals surface area (Å²) < 4.78 is 27.4. The van der Waals surface area contributed by atoms with Gasteiger partial charge in [0.05, 0.1) is 5.56 Å². The Kier molecular flexibility index (Phi) is 3.62. The normalized spacial score (nSPS) is 21.8. The number of halogens is 2. The van der Waals surface area contributed by atoms with E-state index in [1.807, 2.05) is 12.1 Å². The summed E-state index contributed by atoms with van der Waals surface area (Å²) in [5.74, 6) is 0.690. The number of nitrogens with zero attached hydrogens (tertiary/aromatic N) is 2. The molecule has 0 aliphatic heterocycles. The molecule has 1 saturated carbocycles. The number of carbonyl (C=O) groups is 1. The zero-order valence-corrected chi connectivity index (χ0v) is 13.4. The maximum atomic E-state index is 13.1. The molecule has 0 bridgehead atoms. The summed E-state index contributed by atoms with van der Waals surface area (Å²) in [5.41, 5.74) is 2.71. The molecule has 6 heteroatoms. The number of alkyl halides is 2. The number of aryl methyl sites for hydroxylation is 2. The number of carbonyl (C=O) groups excluding carboxylic acids is 1. The fourth-order valence-electron chi connectivity index (χ4n) is 3.88. The Hall–Kier alpha value is -2.24. The van der Waals surface area contributed by atoms with Crippen LogP contribution in [0.1, 0.15) is 58.8 Å². The van der Waals surface area contributed by atoms with Crippen molar-refractivity contribution >= 4 is 11.6 Å². The van der Waals surface area contributed by atoms with Crippen molar-refractivity contribution in [3.05, 3.63) is 46.8 Å². The van der Waals surface area contributed by atoms with Gasteiger partial charge in [0, 0.05) is 18.9 Å². The average Bonchev–Trinajstić information content (AvgIpc) is 3.20. The van der Waals surface area contributed by atoms with Gasteiger partial charge in [-0.05, 0) is 54.7 Å². The van der Waals surface area contributed by atoms with E-state index in [4.69, 9.17) is 0 Å². The lowest BCUT2D eigenvalue weighted by Crippen LogP contribution is -2.15. The summed E-state index contributed by atoms with van der Waals surface area (Å²) in [6.07, 6.45) is 3.15. The minimum atomic E-state index is -2.77. The highest BCUT2D eigenvalue weighted by molar-refractivity contribution is 6.05. The summed E-state index contributed by atoms with van der Waals surface area (Å²) in [6, 6.07) is 5.91. The van der Waals surface area contributed by atoms with Gasteiger partial charge in [-0.3, -0.25) is 9.48 Å². The quantitative estimate of drug-likeness (QED) is 0.922. The molecule has 0 spiro atoms. The van der Waals surface area contributed by atoms with E-state index in [0.717, 1.165) is 18.5 Å². The molecule has 1 N–H and O–H groups in total. The predicted octanol–water partition coefficient (Wildman–Crippen LogP) is 4.05. The van der Waals surface area contributed by atoms with E-state index < -0.39 is 18.0 Å². The van der Waals surface area contributed by atoms with Crippen molar-refractivity contribution in [1.82, 2.24) is 9.78 Å². The average molecular weight is 331 g/mol. The van der Waals surface area contributed by atoms with E-state index in [9.17, 15) is 13.6 Å². The zero-order chi connectivity index (χ0) is 16.8. The van der Waals surface area contributed by atoms with Gasteiger partial charge in [-0.2, -0.15) is 5.10 Å². The first-order valence-corrected chi connectivity index (χ1v) is 8.29. The number of anilines is 1. The van der Waals surface area contributed by atoms with Crippen LogP contribution in [0.5, 0.6) is 0 Å². The Morgan fingerprint density at radius 2 is 2.25 bits per heavy atom. The van der Waals surface area contributed by atoms with Crippen molar-refractivity contribution in [2.75, 3.05) is 5.32 Å². The van der Waals surface area contributed by atoms with Gasteiger partial charge < -0.3 is 5.32 Å². The first-order chi connectivity index (χ1) is 11.5. The zero-order valence-electron chi connectivity index (χ0n) is 13.4. The molecular formula is C18H19F2N3O. The third-order valence-corrected chi connectivity index (χ3v) is 5.07. The number of rotatable bonds is 3. The molecule has 126 valence electrons. The van der Waals surface area contributed by atoms with Gasteiger partial charge in [0.25, 0.3) is 12.3 Å². The van der Waals surface area contributed by atoms with Gasteiger partial charge in [0.2, 0.25) is 0 Å². The number of benzene rings is 1. The van der Waals surface area contributed by atoms with Crippen LogP contribution in [-0.2, 0) is 13.5 Å². The van der Waals surface area contributed by atoms with E-state index >= 15 is 0 Å². The number of nitrogens with one attached hydrogen (secondary N) is 1. The highest BCUT2D eigenvalue weighted by Gasteiger charge is 2.42. The molecule has 0 saturated heterocycles. The van der Waals surface area contributed by atoms with Crippen LogP contribution in [0.3, 0.4) is 0 Å². The fraction of sp³-hybridized carbons (Fsp3) is 0.444. The third kappa shape index (κ3) is 2.60. The highest BCUT2D eigenvalue weighted by atomic mass is 19.3. The van der Waals surface area contributed by atoms with Gasteiger partial charge in [-0.25, -0.2) is 8.78 Å². The van der Waals surface area contributed by atoms with E-state index in [2.05, 4.69) is 16.5 Å². The molecule has 1 heterocycles. The van der Waals surface area contributed by atoms with Gasteiger partial charge in [-0.15, -0.1) is 0 Å². The number of hydrogen-bond donors (Lipinski definition) is 1. The smallest absolute Gasteiger partial charge is 0.282 e. The first-order valence-electron chi connectivity index (χ1n) is 8.29. The largest absolute Gasteiger partial charge is 0.322 e. The summed E-state index contributed by atoms with van der Waals surface area (Å²) in [6.45, 7) is 0. The Bertz CT molecular complexity index is 800. The van der Waals surface area contributed by atoms with Crippen molar-refractivity contribution in [3.63, 3.8) is 0 Å². The lowest BCUT2D eigenvalue weighted by atomic mass is 9.98. The topological polar surface area (TPSA) is 46.9 Å². The Morgan fingerprint density at radius 3 is 3.04 bits per heavy atom. The standard InChI is InChI=1S/C18H19F2N3O/c1-23-9-13(16(22-23)17(19)20)18(24)21-14-7-3-5-10-4-2-6-11-8-12(11)15(10)14/h3,5,7,9,11-12,17H,2,4,6,8H2,1H3,(H,21,24). The van der Waals surface area contributed by atoms with Crippen LogP contribution < -0.4 is 5.32 Å².